The summed E-state index contributed by atoms with van der Waals surface area (Å²) in [5.41, 5.74) is 9.26. The summed E-state index contributed by atoms with van der Waals surface area (Å²) in [5, 5.41) is 2.37. The van der Waals surface area contributed by atoms with Crippen molar-refractivity contribution in [3.63, 3.8) is 0 Å². The van der Waals surface area contributed by atoms with Crippen molar-refractivity contribution >= 4 is 24.2 Å². The van der Waals surface area contributed by atoms with Gasteiger partial charge in [-0.05, 0) is 77.5 Å². The summed E-state index contributed by atoms with van der Waals surface area (Å²) in [6.07, 6.45) is 5.30. The van der Waals surface area contributed by atoms with Gasteiger partial charge in [0.05, 0.1) is 5.69 Å². The second-order valence-corrected chi connectivity index (χ2v) is 8.70. The van der Waals surface area contributed by atoms with Crippen LogP contribution in [0.25, 0.3) is 33.2 Å². The topological polar surface area (TPSA) is 12.9 Å². The van der Waals surface area contributed by atoms with E-state index in [0.29, 0.717) is 11.5 Å². The second kappa shape index (κ2) is 7.76. The van der Waals surface area contributed by atoms with Crippen molar-refractivity contribution < 1.29 is 0 Å². The Balaban J connectivity index is 1.57. The average Bonchev–Trinajstić information content (AvgIpc) is 3.28. The van der Waals surface area contributed by atoms with Gasteiger partial charge in [-0.15, -0.1) is 0 Å². The molecule has 0 spiro atoms. The fourth-order valence-corrected chi connectivity index (χ4v) is 5.09. The van der Waals surface area contributed by atoms with E-state index in [1.54, 1.807) is 0 Å². The van der Waals surface area contributed by atoms with Gasteiger partial charge in [0.2, 0.25) is 0 Å². The van der Waals surface area contributed by atoms with Crippen LogP contribution in [-0.2, 0) is 0 Å². The molecular formula is C28H26BN. The van der Waals surface area contributed by atoms with Gasteiger partial charge in [-0.25, -0.2) is 0 Å². The summed E-state index contributed by atoms with van der Waals surface area (Å²) in [6, 6.07) is 24.1. The van der Waals surface area contributed by atoms with E-state index in [2.05, 4.69) is 74.5 Å². The zero-order chi connectivity index (χ0) is 20.7. The number of nitrogens with zero attached hydrogens (tertiary/aromatic N) is 1. The Morgan fingerprint density at radius 1 is 0.800 bits per heavy atom. The molecule has 0 amide bonds. The van der Waals surface area contributed by atoms with E-state index >= 15 is 0 Å². The van der Waals surface area contributed by atoms with Crippen molar-refractivity contribution in [2.75, 3.05) is 0 Å². The van der Waals surface area contributed by atoms with Crippen LogP contribution in [0.15, 0.2) is 66.7 Å². The minimum atomic E-state index is 0.583. The van der Waals surface area contributed by atoms with Crippen LogP contribution in [0.1, 0.15) is 48.3 Å². The standard InChI is InChI=1S/C28H26BN/c1-18-6-5-7-19(2)27(18)21-10-12-22(13-11-21)28-25-15-14-23(20-8-3-4-9-20)16-24(25)17-26(29)30-28/h5-7,10-17,20H,3-4,8-9H2,1-2H3. The quantitative estimate of drug-likeness (QED) is 0.359. The van der Waals surface area contributed by atoms with Crippen LogP contribution in [0.4, 0.5) is 0 Å². The molecule has 0 atom stereocenters. The Bertz CT molecular complexity index is 1200. The number of aromatic nitrogens is 1. The molecule has 1 aromatic heterocycles. The molecule has 5 rings (SSSR count). The maximum atomic E-state index is 6.22. The number of pyridine rings is 1. The second-order valence-electron chi connectivity index (χ2n) is 8.70. The predicted molar refractivity (Wildman–Crippen MR) is 129 cm³/mol. The molecule has 3 aromatic carbocycles. The molecule has 1 aliphatic carbocycles. The highest BCUT2D eigenvalue weighted by molar-refractivity contribution is 6.32. The predicted octanol–water partition coefficient (Wildman–Crippen LogP) is 6.64. The molecule has 1 saturated carbocycles. The monoisotopic (exact) mass is 387 g/mol. The highest BCUT2D eigenvalue weighted by atomic mass is 14.7. The molecule has 0 bridgehead atoms. The number of aryl methyl sites for hydroxylation is 2. The van der Waals surface area contributed by atoms with E-state index in [9.17, 15) is 0 Å². The third-order valence-corrected chi connectivity index (χ3v) is 6.63. The van der Waals surface area contributed by atoms with Gasteiger partial charge < -0.3 is 0 Å². The molecule has 1 aliphatic rings. The third-order valence-electron chi connectivity index (χ3n) is 6.63. The Morgan fingerprint density at radius 2 is 1.47 bits per heavy atom. The molecule has 0 aliphatic heterocycles. The number of hydrogen-bond acceptors (Lipinski definition) is 1. The van der Waals surface area contributed by atoms with Crippen LogP contribution in [-0.4, -0.2) is 12.8 Å². The average molecular weight is 387 g/mol. The van der Waals surface area contributed by atoms with Crippen LogP contribution in [0.2, 0.25) is 0 Å². The maximum Gasteiger partial charge on any atom is 0.141 e. The van der Waals surface area contributed by atoms with Gasteiger partial charge in [-0.2, -0.15) is 0 Å². The summed E-state index contributed by atoms with van der Waals surface area (Å²) in [6.45, 7) is 4.34. The molecule has 30 heavy (non-hydrogen) atoms. The first kappa shape index (κ1) is 19.1. The zero-order valence-electron chi connectivity index (χ0n) is 17.8. The number of benzene rings is 3. The van der Waals surface area contributed by atoms with Gasteiger partial charge in [0.1, 0.15) is 7.85 Å². The molecule has 146 valence electrons. The maximum absolute atomic E-state index is 6.22. The number of fused-ring (bicyclic) bond motifs is 1. The fourth-order valence-electron chi connectivity index (χ4n) is 5.09. The van der Waals surface area contributed by atoms with E-state index in [1.807, 2.05) is 6.07 Å². The molecule has 0 N–H and O–H groups in total. The van der Waals surface area contributed by atoms with Gasteiger partial charge in [-0.3, -0.25) is 4.98 Å². The number of hydrogen-bond donors (Lipinski definition) is 0. The third kappa shape index (κ3) is 3.45. The summed E-state index contributed by atoms with van der Waals surface area (Å²) >= 11 is 0. The first-order valence-electron chi connectivity index (χ1n) is 11.0. The van der Waals surface area contributed by atoms with Crippen LogP contribution in [0.3, 0.4) is 0 Å². The molecule has 0 unspecified atom stereocenters. The van der Waals surface area contributed by atoms with Gasteiger partial charge in [0.25, 0.3) is 0 Å². The van der Waals surface area contributed by atoms with E-state index in [0.717, 1.165) is 11.3 Å². The molecule has 0 saturated heterocycles. The van der Waals surface area contributed by atoms with Gasteiger partial charge in [-0.1, -0.05) is 73.5 Å². The van der Waals surface area contributed by atoms with Crippen molar-refractivity contribution in [2.45, 2.75) is 45.4 Å². The fraction of sp³-hybridized carbons (Fsp3) is 0.250. The summed E-state index contributed by atoms with van der Waals surface area (Å²) in [4.78, 5) is 4.71. The van der Waals surface area contributed by atoms with Crippen molar-refractivity contribution in [3.05, 3.63) is 83.4 Å². The van der Waals surface area contributed by atoms with E-state index in [4.69, 9.17) is 12.8 Å². The molecule has 2 radical (unpaired) electrons. The van der Waals surface area contributed by atoms with E-state index in [1.165, 1.54) is 64.3 Å². The van der Waals surface area contributed by atoms with Crippen LogP contribution < -0.4 is 5.59 Å². The molecular weight excluding hydrogens is 361 g/mol. The van der Waals surface area contributed by atoms with Crippen LogP contribution in [0, 0.1) is 13.8 Å². The lowest BCUT2D eigenvalue weighted by Crippen LogP contribution is -2.09. The van der Waals surface area contributed by atoms with Crippen molar-refractivity contribution in [2.24, 2.45) is 0 Å². The molecule has 1 heterocycles. The molecule has 2 heteroatoms. The Hall–Kier alpha value is -2.87. The molecule has 1 fully saturated rings. The summed E-state index contributed by atoms with van der Waals surface area (Å²) in [5.74, 6) is 0.698. The summed E-state index contributed by atoms with van der Waals surface area (Å²) in [7, 11) is 6.22. The Kier molecular flexibility index (Phi) is 4.94. The SMILES string of the molecule is [B]c1cc2cc(C3CCCC3)ccc2c(-c2ccc(-c3c(C)cccc3C)cc2)n1. The highest BCUT2D eigenvalue weighted by Gasteiger charge is 2.18. The van der Waals surface area contributed by atoms with Crippen molar-refractivity contribution in [1.82, 2.24) is 4.98 Å². The van der Waals surface area contributed by atoms with E-state index in [-0.39, 0.29) is 0 Å². The molecule has 4 aromatic rings. The first-order chi connectivity index (χ1) is 14.6. The minimum Gasteiger partial charge on any atom is -0.264 e. The lowest BCUT2D eigenvalue weighted by Gasteiger charge is -2.14. The Labute approximate surface area is 180 Å². The van der Waals surface area contributed by atoms with Crippen LogP contribution >= 0.6 is 0 Å². The number of rotatable bonds is 3. The van der Waals surface area contributed by atoms with Gasteiger partial charge in [0.15, 0.2) is 0 Å². The molecule has 1 nitrogen and oxygen atoms in total. The van der Waals surface area contributed by atoms with E-state index < -0.39 is 0 Å². The lowest BCUT2D eigenvalue weighted by molar-refractivity contribution is 0.724. The van der Waals surface area contributed by atoms with Crippen molar-refractivity contribution in [1.29, 1.82) is 0 Å². The minimum absolute atomic E-state index is 0.583. The Morgan fingerprint density at radius 3 is 2.17 bits per heavy atom. The summed E-state index contributed by atoms with van der Waals surface area (Å²) < 4.78 is 0. The van der Waals surface area contributed by atoms with Crippen LogP contribution in [0.5, 0.6) is 0 Å². The highest BCUT2D eigenvalue weighted by Crippen LogP contribution is 2.37. The smallest absolute Gasteiger partial charge is 0.141 e. The first-order valence-corrected chi connectivity index (χ1v) is 11.0. The lowest BCUT2D eigenvalue weighted by atomic mass is 9.91. The van der Waals surface area contributed by atoms with Crippen molar-refractivity contribution in [3.8, 4) is 22.4 Å². The van der Waals surface area contributed by atoms with Gasteiger partial charge in [0, 0.05) is 10.9 Å². The van der Waals surface area contributed by atoms with Gasteiger partial charge >= 0.3 is 0 Å². The zero-order valence-corrected chi connectivity index (χ0v) is 17.8. The normalized spacial score (nSPS) is 14.5. The largest absolute Gasteiger partial charge is 0.264 e.